The second-order valence-electron chi connectivity index (χ2n) is 6.05. The fourth-order valence-electron chi connectivity index (χ4n) is 3.51. The summed E-state index contributed by atoms with van der Waals surface area (Å²) in [5.74, 6) is 0. The Morgan fingerprint density at radius 3 is 2.63 bits per heavy atom. The van der Waals surface area contributed by atoms with E-state index in [1.54, 1.807) is 0 Å². The number of hydrogen-bond acceptors (Lipinski definition) is 3. The van der Waals surface area contributed by atoms with Crippen LogP contribution < -0.4 is 5.32 Å². The first-order valence-electron chi connectivity index (χ1n) is 7.61. The summed E-state index contributed by atoms with van der Waals surface area (Å²) in [6.45, 7) is 3.38. The second kappa shape index (κ2) is 6.87. The Labute approximate surface area is 122 Å². The smallest absolute Gasteiger partial charge is 0.0359 e. The first-order valence-corrected chi connectivity index (χ1v) is 8.55. The molecule has 0 bridgehead atoms. The van der Waals surface area contributed by atoms with E-state index >= 15 is 0 Å². The summed E-state index contributed by atoms with van der Waals surface area (Å²) in [6.07, 6.45) is 7.82. The lowest BCUT2D eigenvalue weighted by Crippen LogP contribution is -2.58. The maximum absolute atomic E-state index is 3.83. The zero-order valence-corrected chi connectivity index (χ0v) is 13.4. The molecule has 1 fully saturated rings. The van der Waals surface area contributed by atoms with Crippen molar-refractivity contribution >= 4 is 11.3 Å². The minimum atomic E-state index is 0.358. The number of nitrogens with zero attached hydrogens (tertiary/aromatic N) is 1. The lowest BCUT2D eigenvalue weighted by Gasteiger charge is -2.44. The zero-order chi connectivity index (χ0) is 13.7. The van der Waals surface area contributed by atoms with Gasteiger partial charge in [-0.05, 0) is 68.7 Å². The van der Waals surface area contributed by atoms with Crippen LogP contribution in [0.15, 0.2) is 16.8 Å². The molecule has 0 aromatic carbocycles. The van der Waals surface area contributed by atoms with Gasteiger partial charge in [-0.1, -0.05) is 19.8 Å². The Kier molecular flexibility index (Phi) is 5.43. The van der Waals surface area contributed by atoms with Gasteiger partial charge in [-0.3, -0.25) is 0 Å². The van der Waals surface area contributed by atoms with Crippen LogP contribution in [-0.2, 0) is 6.42 Å². The normalized spacial score (nSPS) is 20.0. The van der Waals surface area contributed by atoms with E-state index in [0.29, 0.717) is 11.6 Å². The van der Waals surface area contributed by atoms with Crippen molar-refractivity contribution < 1.29 is 0 Å². The van der Waals surface area contributed by atoms with Crippen molar-refractivity contribution in [3.05, 3.63) is 22.4 Å². The molecule has 1 aliphatic carbocycles. The highest BCUT2D eigenvalue weighted by atomic mass is 32.1. The number of hydrogen-bond donors (Lipinski definition) is 1. The highest BCUT2D eigenvalue weighted by Gasteiger charge is 2.42. The summed E-state index contributed by atoms with van der Waals surface area (Å²) in [6, 6.07) is 2.86. The van der Waals surface area contributed by atoms with Crippen LogP contribution in [0.4, 0.5) is 0 Å². The van der Waals surface area contributed by atoms with Crippen molar-refractivity contribution in [1.29, 1.82) is 0 Å². The van der Waals surface area contributed by atoms with Gasteiger partial charge < -0.3 is 10.2 Å². The van der Waals surface area contributed by atoms with Crippen LogP contribution in [0.25, 0.3) is 0 Å². The van der Waals surface area contributed by atoms with Crippen LogP contribution in [0.3, 0.4) is 0 Å². The fourth-order valence-corrected chi connectivity index (χ4v) is 4.19. The monoisotopic (exact) mass is 280 g/mol. The van der Waals surface area contributed by atoms with Crippen LogP contribution in [0.2, 0.25) is 0 Å². The molecule has 108 valence electrons. The Morgan fingerprint density at radius 1 is 1.37 bits per heavy atom. The zero-order valence-electron chi connectivity index (χ0n) is 12.6. The van der Waals surface area contributed by atoms with Crippen molar-refractivity contribution in [1.82, 2.24) is 10.2 Å². The average Bonchev–Trinajstić information content (AvgIpc) is 3.05. The molecule has 1 aromatic heterocycles. The Morgan fingerprint density at radius 2 is 2.11 bits per heavy atom. The van der Waals surface area contributed by atoms with E-state index in [1.807, 2.05) is 11.3 Å². The maximum atomic E-state index is 3.83. The minimum Gasteiger partial charge on any atom is -0.312 e. The van der Waals surface area contributed by atoms with Crippen molar-refractivity contribution in [2.45, 2.75) is 57.0 Å². The number of thiophene rings is 1. The van der Waals surface area contributed by atoms with Gasteiger partial charge in [-0.15, -0.1) is 0 Å². The average molecular weight is 280 g/mol. The molecule has 1 unspecified atom stereocenters. The second-order valence-corrected chi connectivity index (χ2v) is 6.83. The maximum Gasteiger partial charge on any atom is 0.0359 e. The Hall–Kier alpha value is -0.380. The molecule has 0 aliphatic heterocycles. The largest absolute Gasteiger partial charge is 0.312 e. The SMILES string of the molecule is CCCNC(Cc1ccsc1)C1(N(C)C)CCCC1. The molecule has 19 heavy (non-hydrogen) atoms. The molecule has 1 N–H and O–H groups in total. The molecule has 0 radical (unpaired) electrons. The van der Waals surface area contributed by atoms with Gasteiger partial charge >= 0.3 is 0 Å². The van der Waals surface area contributed by atoms with Gasteiger partial charge in [0.25, 0.3) is 0 Å². The lowest BCUT2D eigenvalue weighted by molar-refractivity contribution is 0.104. The van der Waals surface area contributed by atoms with E-state index in [9.17, 15) is 0 Å². The van der Waals surface area contributed by atoms with Crippen LogP contribution in [0.1, 0.15) is 44.6 Å². The molecule has 1 atom stereocenters. The van der Waals surface area contributed by atoms with Crippen molar-refractivity contribution in [3.8, 4) is 0 Å². The van der Waals surface area contributed by atoms with E-state index in [2.05, 4.69) is 48.1 Å². The van der Waals surface area contributed by atoms with E-state index < -0.39 is 0 Å². The van der Waals surface area contributed by atoms with Crippen LogP contribution in [-0.4, -0.2) is 37.1 Å². The lowest BCUT2D eigenvalue weighted by atomic mass is 9.83. The summed E-state index contributed by atoms with van der Waals surface area (Å²) >= 11 is 1.81. The standard InChI is InChI=1S/C16H28N2S/c1-4-10-17-15(12-14-7-11-19-13-14)16(18(2)3)8-5-6-9-16/h7,11,13,15,17H,4-6,8-10,12H2,1-3H3. The third-order valence-electron chi connectivity index (χ3n) is 4.67. The highest BCUT2D eigenvalue weighted by Crippen LogP contribution is 2.38. The predicted octanol–water partition coefficient (Wildman–Crippen LogP) is 3.53. The third-order valence-corrected chi connectivity index (χ3v) is 5.40. The number of rotatable bonds is 7. The Bertz CT molecular complexity index is 353. The molecule has 0 amide bonds. The van der Waals surface area contributed by atoms with Crippen LogP contribution in [0, 0.1) is 0 Å². The number of nitrogens with one attached hydrogen (secondary N) is 1. The van der Waals surface area contributed by atoms with Gasteiger partial charge in [0.1, 0.15) is 0 Å². The van der Waals surface area contributed by atoms with Gasteiger partial charge in [0, 0.05) is 11.6 Å². The van der Waals surface area contributed by atoms with Gasteiger partial charge in [0.05, 0.1) is 0 Å². The highest BCUT2D eigenvalue weighted by molar-refractivity contribution is 7.07. The third kappa shape index (κ3) is 3.39. The van der Waals surface area contributed by atoms with Crippen molar-refractivity contribution in [2.24, 2.45) is 0 Å². The first-order chi connectivity index (χ1) is 9.19. The molecule has 1 saturated carbocycles. The molecule has 1 aliphatic rings. The Balaban J connectivity index is 2.14. The molecular weight excluding hydrogens is 252 g/mol. The first kappa shape index (κ1) is 15.0. The van der Waals surface area contributed by atoms with E-state index in [-0.39, 0.29) is 0 Å². The topological polar surface area (TPSA) is 15.3 Å². The van der Waals surface area contributed by atoms with Gasteiger partial charge in [0.15, 0.2) is 0 Å². The quantitative estimate of drug-likeness (QED) is 0.822. The van der Waals surface area contributed by atoms with Gasteiger partial charge in [0.2, 0.25) is 0 Å². The minimum absolute atomic E-state index is 0.358. The number of likely N-dealkylation sites (N-methyl/N-ethyl adjacent to an activating group) is 1. The molecule has 1 heterocycles. The van der Waals surface area contributed by atoms with E-state index in [4.69, 9.17) is 0 Å². The summed E-state index contributed by atoms with van der Waals surface area (Å²) in [5.41, 5.74) is 1.85. The summed E-state index contributed by atoms with van der Waals surface area (Å²) < 4.78 is 0. The van der Waals surface area contributed by atoms with E-state index in [0.717, 1.165) is 6.54 Å². The molecular formula is C16H28N2S. The van der Waals surface area contributed by atoms with Gasteiger partial charge in [-0.25, -0.2) is 0 Å². The fraction of sp³-hybridized carbons (Fsp3) is 0.750. The summed E-state index contributed by atoms with van der Waals surface area (Å²) in [7, 11) is 4.53. The van der Waals surface area contributed by atoms with Crippen LogP contribution in [0.5, 0.6) is 0 Å². The van der Waals surface area contributed by atoms with Crippen LogP contribution >= 0.6 is 11.3 Å². The molecule has 1 aromatic rings. The molecule has 2 rings (SSSR count). The van der Waals surface area contributed by atoms with Gasteiger partial charge in [-0.2, -0.15) is 11.3 Å². The van der Waals surface area contributed by atoms with E-state index in [1.165, 1.54) is 44.1 Å². The molecule has 0 saturated heterocycles. The predicted molar refractivity (Wildman–Crippen MR) is 85.0 cm³/mol. The summed E-state index contributed by atoms with van der Waals surface area (Å²) in [4.78, 5) is 2.49. The molecule has 3 heteroatoms. The van der Waals surface area contributed by atoms with Crippen molar-refractivity contribution in [3.63, 3.8) is 0 Å². The molecule has 2 nitrogen and oxygen atoms in total. The van der Waals surface area contributed by atoms with Crippen molar-refractivity contribution in [2.75, 3.05) is 20.6 Å². The summed E-state index contributed by atoms with van der Waals surface area (Å²) in [5, 5.41) is 8.34. The molecule has 0 spiro atoms.